The summed E-state index contributed by atoms with van der Waals surface area (Å²) in [6.07, 6.45) is 3.52. The normalized spacial score (nSPS) is 11.1. The average molecular weight is 381 g/mol. The number of hydrogen-bond acceptors (Lipinski definition) is 6. The SMILES string of the molecule is CCCCc1oc2ccc(N)cc2c1C(=O)c1ccc(OCCCNN)cc1. The number of nitrogens with two attached hydrogens (primary N) is 2. The minimum Gasteiger partial charge on any atom is -0.494 e. The molecule has 148 valence electrons. The maximum absolute atomic E-state index is 13.3. The van der Waals surface area contributed by atoms with Gasteiger partial charge in [-0.05, 0) is 55.3 Å². The summed E-state index contributed by atoms with van der Waals surface area (Å²) >= 11 is 0. The number of aryl methyl sites for hydroxylation is 1. The van der Waals surface area contributed by atoms with E-state index in [0.29, 0.717) is 35.5 Å². The van der Waals surface area contributed by atoms with Gasteiger partial charge in [0.25, 0.3) is 0 Å². The zero-order chi connectivity index (χ0) is 19.9. The van der Waals surface area contributed by atoms with Gasteiger partial charge in [0.05, 0.1) is 12.2 Å². The van der Waals surface area contributed by atoms with Gasteiger partial charge in [-0.2, -0.15) is 0 Å². The molecule has 0 aliphatic rings. The number of ketones is 1. The number of hydrogen-bond donors (Lipinski definition) is 3. The lowest BCUT2D eigenvalue weighted by Crippen LogP contribution is -2.24. The van der Waals surface area contributed by atoms with E-state index in [1.54, 1.807) is 18.2 Å². The highest BCUT2D eigenvalue weighted by Crippen LogP contribution is 2.31. The second-order valence-corrected chi connectivity index (χ2v) is 6.77. The van der Waals surface area contributed by atoms with Crippen LogP contribution < -0.4 is 21.7 Å². The van der Waals surface area contributed by atoms with E-state index in [1.807, 2.05) is 24.3 Å². The molecule has 0 atom stereocenters. The number of carbonyl (C=O) groups excluding carboxylic acids is 1. The van der Waals surface area contributed by atoms with Gasteiger partial charge < -0.3 is 14.9 Å². The van der Waals surface area contributed by atoms with Crippen molar-refractivity contribution in [1.82, 2.24) is 5.43 Å². The monoisotopic (exact) mass is 381 g/mol. The summed E-state index contributed by atoms with van der Waals surface area (Å²) < 4.78 is 11.6. The van der Waals surface area contributed by atoms with Gasteiger partial charge in [-0.25, -0.2) is 0 Å². The first-order chi connectivity index (χ1) is 13.6. The van der Waals surface area contributed by atoms with Gasteiger partial charge in [-0.3, -0.25) is 16.1 Å². The van der Waals surface area contributed by atoms with Gasteiger partial charge in [-0.15, -0.1) is 0 Å². The second kappa shape index (κ2) is 9.39. The summed E-state index contributed by atoms with van der Waals surface area (Å²) in [7, 11) is 0. The Bertz CT molecular complexity index is 932. The van der Waals surface area contributed by atoms with Crippen LogP contribution in [0.3, 0.4) is 0 Å². The molecule has 5 N–H and O–H groups in total. The Balaban J connectivity index is 1.86. The highest BCUT2D eigenvalue weighted by molar-refractivity contribution is 6.17. The predicted octanol–water partition coefficient (Wildman–Crippen LogP) is 3.82. The molecular formula is C22H27N3O3. The summed E-state index contributed by atoms with van der Waals surface area (Å²) in [6.45, 7) is 3.36. The number of fused-ring (bicyclic) bond motifs is 1. The molecule has 0 aliphatic carbocycles. The molecule has 0 saturated carbocycles. The molecule has 0 saturated heterocycles. The molecule has 2 aromatic carbocycles. The Labute approximate surface area is 164 Å². The molecule has 1 heterocycles. The fraction of sp³-hybridized carbons (Fsp3) is 0.318. The molecule has 28 heavy (non-hydrogen) atoms. The third-order valence-electron chi connectivity index (χ3n) is 4.62. The summed E-state index contributed by atoms with van der Waals surface area (Å²) in [5.41, 5.74) is 11.0. The van der Waals surface area contributed by atoms with Crippen LogP contribution in [0.1, 0.15) is 47.9 Å². The van der Waals surface area contributed by atoms with E-state index >= 15 is 0 Å². The quantitative estimate of drug-likeness (QED) is 0.162. The Hall–Kier alpha value is -2.83. The van der Waals surface area contributed by atoms with Crippen molar-refractivity contribution in [1.29, 1.82) is 0 Å². The molecule has 1 aromatic heterocycles. The highest BCUT2D eigenvalue weighted by Gasteiger charge is 2.22. The zero-order valence-electron chi connectivity index (χ0n) is 16.2. The van der Waals surface area contributed by atoms with Gasteiger partial charge in [-0.1, -0.05) is 13.3 Å². The van der Waals surface area contributed by atoms with Gasteiger partial charge in [0.15, 0.2) is 5.78 Å². The van der Waals surface area contributed by atoms with Crippen LogP contribution in [0.15, 0.2) is 46.9 Å². The largest absolute Gasteiger partial charge is 0.494 e. The first-order valence-electron chi connectivity index (χ1n) is 9.66. The summed E-state index contributed by atoms with van der Waals surface area (Å²) in [5.74, 6) is 6.63. The van der Waals surface area contributed by atoms with Gasteiger partial charge >= 0.3 is 0 Å². The number of hydrazine groups is 1. The minimum absolute atomic E-state index is 0.0608. The molecule has 0 amide bonds. The first-order valence-corrected chi connectivity index (χ1v) is 9.66. The summed E-state index contributed by atoms with van der Waals surface area (Å²) in [4.78, 5) is 13.3. The Morgan fingerprint density at radius 1 is 1.14 bits per heavy atom. The van der Waals surface area contributed by atoms with Crippen LogP contribution in [-0.4, -0.2) is 18.9 Å². The summed E-state index contributed by atoms with van der Waals surface area (Å²) in [6, 6.07) is 12.6. The number of carbonyl (C=O) groups is 1. The van der Waals surface area contributed by atoms with Crippen LogP contribution in [-0.2, 0) is 6.42 Å². The molecule has 6 nitrogen and oxygen atoms in total. The lowest BCUT2D eigenvalue weighted by Gasteiger charge is -2.07. The molecule has 0 spiro atoms. The number of furan rings is 1. The third kappa shape index (κ3) is 4.52. The number of unbranched alkanes of at least 4 members (excludes halogenated alkanes) is 1. The number of rotatable bonds is 10. The topological polar surface area (TPSA) is 104 Å². The maximum atomic E-state index is 13.3. The van der Waals surface area contributed by atoms with E-state index < -0.39 is 0 Å². The zero-order valence-corrected chi connectivity index (χ0v) is 16.2. The molecule has 0 unspecified atom stereocenters. The Morgan fingerprint density at radius 3 is 2.64 bits per heavy atom. The smallest absolute Gasteiger partial charge is 0.197 e. The van der Waals surface area contributed by atoms with E-state index in [2.05, 4.69) is 12.3 Å². The maximum Gasteiger partial charge on any atom is 0.197 e. The van der Waals surface area contributed by atoms with Gasteiger partial charge in [0.2, 0.25) is 0 Å². The van der Waals surface area contributed by atoms with Crippen LogP contribution in [0.2, 0.25) is 0 Å². The minimum atomic E-state index is -0.0608. The van der Waals surface area contributed by atoms with Crippen molar-refractivity contribution >= 4 is 22.4 Å². The van der Waals surface area contributed by atoms with Crippen LogP contribution >= 0.6 is 0 Å². The molecule has 6 heteroatoms. The average Bonchev–Trinajstić information content (AvgIpc) is 3.07. The van der Waals surface area contributed by atoms with Crippen molar-refractivity contribution in [2.24, 2.45) is 5.84 Å². The Kier molecular flexibility index (Phi) is 6.68. The first kappa shape index (κ1) is 19.9. The van der Waals surface area contributed by atoms with E-state index in [9.17, 15) is 4.79 Å². The number of nitrogen functional groups attached to an aromatic ring is 1. The van der Waals surface area contributed by atoms with E-state index in [4.69, 9.17) is 20.7 Å². The molecule has 0 bridgehead atoms. The van der Waals surface area contributed by atoms with Crippen LogP contribution in [0.5, 0.6) is 5.75 Å². The van der Waals surface area contributed by atoms with Crippen molar-refractivity contribution in [2.75, 3.05) is 18.9 Å². The molecule has 0 fully saturated rings. The fourth-order valence-electron chi connectivity index (χ4n) is 3.14. The van der Waals surface area contributed by atoms with Crippen LogP contribution in [0, 0.1) is 0 Å². The number of nitrogens with one attached hydrogen (secondary N) is 1. The lowest BCUT2D eigenvalue weighted by molar-refractivity contribution is 0.103. The van der Waals surface area contributed by atoms with Crippen molar-refractivity contribution in [3.63, 3.8) is 0 Å². The van der Waals surface area contributed by atoms with Crippen molar-refractivity contribution in [3.05, 3.63) is 59.4 Å². The second-order valence-electron chi connectivity index (χ2n) is 6.77. The molecule has 0 radical (unpaired) electrons. The van der Waals surface area contributed by atoms with E-state index in [1.165, 1.54) is 0 Å². The van der Waals surface area contributed by atoms with Gasteiger partial charge in [0, 0.05) is 29.6 Å². The van der Waals surface area contributed by atoms with Crippen molar-refractivity contribution in [3.8, 4) is 5.75 Å². The highest BCUT2D eigenvalue weighted by atomic mass is 16.5. The molecule has 0 aliphatic heterocycles. The fourth-order valence-corrected chi connectivity index (χ4v) is 3.14. The third-order valence-corrected chi connectivity index (χ3v) is 4.62. The van der Waals surface area contributed by atoms with Crippen LogP contribution in [0.4, 0.5) is 5.69 Å². The number of anilines is 1. The Morgan fingerprint density at radius 2 is 1.93 bits per heavy atom. The molecule has 3 aromatic rings. The number of ether oxygens (including phenoxy) is 1. The summed E-state index contributed by atoms with van der Waals surface area (Å²) in [5, 5.41) is 0.769. The van der Waals surface area contributed by atoms with Crippen molar-refractivity contribution in [2.45, 2.75) is 32.6 Å². The standard InChI is InChI=1S/C22H27N3O3/c1-2-3-5-20-21(18-14-16(23)8-11-19(18)28-20)22(26)15-6-9-17(10-7-15)27-13-4-12-25-24/h6-11,14,25H,2-5,12-13,23-24H2,1H3. The lowest BCUT2D eigenvalue weighted by atomic mass is 9.98. The number of benzene rings is 2. The van der Waals surface area contributed by atoms with Crippen LogP contribution in [0.25, 0.3) is 11.0 Å². The van der Waals surface area contributed by atoms with Crippen molar-refractivity contribution < 1.29 is 13.9 Å². The van der Waals surface area contributed by atoms with E-state index in [0.717, 1.165) is 42.6 Å². The van der Waals surface area contributed by atoms with E-state index in [-0.39, 0.29) is 5.78 Å². The molecular weight excluding hydrogens is 354 g/mol. The predicted molar refractivity (Wildman–Crippen MR) is 111 cm³/mol. The molecule has 3 rings (SSSR count). The van der Waals surface area contributed by atoms with Gasteiger partial charge in [0.1, 0.15) is 17.1 Å².